The van der Waals surface area contributed by atoms with E-state index in [4.69, 9.17) is 9.26 Å². The molecule has 0 radical (unpaired) electrons. The Morgan fingerprint density at radius 2 is 2.04 bits per heavy atom. The minimum Gasteiger partial charge on any atom is -0.380 e. The van der Waals surface area contributed by atoms with E-state index in [1.165, 1.54) is 0 Å². The van der Waals surface area contributed by atoms with Crippen LogP contribution in [0.3, 0.4) is 0 Å². The second kappa shape index (κ2) is 6.66. The molecule has 23 heavy (non-hydrogen) atoms. The van der Waals surface area contributed by atoms with Crippen LogP contribution in [0.4, 0.5) is 5.69 Å². The summed E-state index contributed by atoms with van der Waals surface area (Å²) >= 11 is 0. The van der Waals surface area contributed by atoms with Crippen LogP contribution < -0.4 is 5.32 Å². The Bertz CT molecular complexity index is 774. The van der Waals surface area contributed by atoms with Crippen LogP contribution in [-0.2, 0) is 24.9 Å². The van der Waals surface area contributed by atoms with Crippen molar-refractivity contribution in [1.29, 1.82) is 0 Å². The number of nitrogens with one attached hydrogen (secondary N) is 1. The highest BCUT2D eigenvalue weighted by molar-refractivity contribution is 5.60. The van der Waals surface area contributed by atoms with Gasteiger partial charge in [0.2, 0.25) is 0 Å². The molecule has 120 valence electrons. The number of methoxy groups -OCH3 is 1. The van der Waals surface area contributed by atoms with Gasteiger partial charge in [-0.15, -0.1) is 0 Å². The molecule has 1 N–H and O–H groups in total. The van der Waals surface area contributed by atoms with E-state index >= 15 is 0 Å². The van der Waals surface area contributed by atoms with Gasteiger partial charge < -0.3 is 14.6 Å². The van der Waals surface area contributed by atoms with Gasteiger partial charge in [-0.25, -0.2) is 0 Å². The van der Waals surface area contributed by atoms with Crippen molar-refractivity contribution in [3.05, 3.63) is 53.5 Å². The van der Waals surface area contributed by atoms with E-state index in [-0.39, 0.29) is 0 Å². The topological polar surface area (TPSA) is 65.1 Å². The Hall–Kier alpha value is -2.60. The van der Waals surface area contributed by atoms with Crippen LogP contribution in [0.25, 0.3) is 11.3 Å². The van der Waals surface area contributed by atoms with E-state index in [0.29, 0.717) is 13.2 Å². The van der Waals surface area contributed by atoms with Gasteiger partial charge in [-0.05, 0) is 24.6 Å². The molecular weight excluding hydrogens is 292 g/mol. The summed E-state index contributed by atoms with van der Waals surface area (Å²) in [4.78, 5) is 0. The first-order chi connectivity index (χ1) is 11.2. The first kappa shape index (κ1) is 15.3. The number of aryl methyl sites for hydroxylation is 1. The van der Waals surface area contributed by atoms with E-state index in [1.54, 1.807) is 13.3 Å². The van der Waals surface area contributed by atoms with Gasteiger partial charge in [0, 0.05) is 37.2 Å². The van der Waals surface area contributed by atoms with Gasteiger partial charge in [-0.3, -0.25) is 4.68 Å². The minimum atomic E-state index is 0.579. The molecule has 0 amide bonds. The zero-order valence-corrected chi connectivity index (χ0v) is 13.5. The second-order valence-electron chi connectivity index (χ2n) is 5.43. The molecule has 0 aliphatic heterocycles. The number of hydrogen-bond donors (Lipinski definition) is 1. The third-order valence-electron chi connectivity index (χ3n) is 3.80. The fourth-order valence-corrected chi connectivity index (χ4v) is 2.35. The third-order valence-corrected chi connectivity index (χ3v) is 3.80. The molecule has 6 nitrogen and oxygen atoms in total. The molecule has 0 fully saturated rings. The zero-order chi connectivity index (χ0) is 16.2. The summed E-state index contributed by atoms with van der Waals surface area (Å²) in [6.07, 6.45) is 1.80. The molecule has 1 aromatic carbocycles. The molecule has 0 atom stereocenters. The van der Waals surface area contributed by atoms with E-state index in [1.807, 2.05) is 49.0 Å². The molecule has 0 unspecified atom stereocenters. The van der Waals surface area contributed by atoms with Gasteiger partial charge in [0.1, 0.15) is 5.69 Å². The lowest BCUT2D eigenvalue weighted by Gasteiger charge is -2.05. The number of rotatable bonds is 6. The first-order valence-electron chi connectivity index (χ1n) is 7.43. The Morgan fingerprint density at radius 3 is 2.70 bits per heavy atom. The van der Waals surface area contributed by atoms with Crippen molar-refractivity contribution in [3.8, 4) is 11.3 Å². The Morgan fingerprint density at radius 1 is 1.26 bits per heavy atom. The molecular formula is C17H20N4O2. The summed E-state index contributed by atoms with van der Waals surface area (Å²) < 4.78 is 12.3. The zero-order valence-electron chi connectivity index (χ0n) is 13.5. The van der Waals surface area contributed by atoms with Crippen LogP contribution in [0, 0.1) is 6.92 Å². The van der Waals surface area contributed by atoms with Crippen molar-refractivity contribution in [2.75, 3.05) is 12.4 Å². The number of aromatic nitrogens is 3. The van der Waals surface area contributed by atoms with Crippen LogP contribution in [0.15, 0.2) is 41.1 Å². The summed E-state index contributed by atoms with van der Waals surface area (Å²) in [6.45, 7) is 3.21. The highest BCUT2D eigenvalue weighted by Crippen LogP contribution is 2.22. The summed E-state index contributed by atoms with van der Waals surface area (Å²) in [5.74, 6) is 0.782. The van der Waals surface area contributed by atoms with Gasteiger partial charge in [0.15, 0.2) is 5.76 Å². The maximum absolute atomic E-state index is 5.40. The highest BCUT2D eigenvalue weighted by atomic mass is 16.5. The fraction of sp³-hybridized carbons (Fsp3) is 0.294. The molecule has 0 saturated heterocycles. The fourth-order valence-electron chi connectivity index (χ4n) is 2.35. The van der Waals surface area contributed by atoms with Crippen molar-refractivity contribution < 1.29 is 9.26 Å². The lowest BCUT2D eigenvalue weighted by atomic mass is 10.2. The average molecular weight is 312 g/mol. The molecule has 3 rings (SSSR count). The highest BCUT2D eigenvalue weighted by Gasteiger charge is 2.11. The van der Waals surface area contributed by atoms with E-state index in [0.717, 1.165) is 34.0 Å². The van der Waals surface area contributed by atoms with Crippen LogP contribution in [0.1, 0.15) is 17.0 Å². The number of hydrogen-bond acceptors (Lipinski definition) is 5. The molecule has 0 bridgehead atoms. The van der Waals surface area contributed by atoms with Gasteiger partial charge in [-0.2, -0.15) is 5.10 Å². The second-order valence-corrected chi connectivity index (χ2v) is 5.43. The molecule has 0 spiro atoms. The third kappa shape index (κ3) is 3.43. The van der Waals surface area contributed by atoms with Gasteiger partial charge in [-0.1, -0.05) is 17.3 Å². The van der Waals surface area contributed by atoms with Crippen molar-refractivity contribution in [2.45, 2.75) is 20.1 Å². The van der Waals surface area contributed by atoms with Crippen LogP contribution in [0.5, 0.6) is 0 Å². The molecule has 2 aromatic heterocycles. The van der Waals surface area contributed by atoms with Crippen molar-refractivity contribution >= 4 is 5.69 Å². The van der Waals surface area contributed by atoms with E-state index in [9.17, 15) is 0 Å². The summed E-state index contributed by atoms with van der Waals surface area (Å²) in [5.41, 5.74) is 5.04. The first-order valence-corrected chi connectivity index (χ1v) is 7.43. The minimum absolute atomic E-state index is 0.579. The van der Waals surface area contributed by atoms with Crippen molar-refractivity contribution in [2.24, 2.45) is 7.05 Å². The number of benzene rings is 1. The monoisotopic (exact) mass is 312 g/mol. The van der Waals surface area contributed by atoms with Crippen LogP contribution >= 0.6 is 0 Å². The molecule has 0 aliphatic carbocycles. The quantitative estimate of drug-likeness (QED) is 0.757. The number of ether oxygens (including phenoxy) is 1. The molecule has 0 aliphatic rings. The van der Waals surface area contributed by atoms with Crippen molar-refractivity contribution in [1.82, 2.24) is 14.9 Å². The van der Waals surface area contributed by atoms with Gasteiger partial charge in [0.25, 0.3) is 0 Å². The average Bonchev–Trinajstić information content (AvgIpc) is 3.15. The Balaban J connectivity index is 1.64. The predicted molar refractivity (Wildman–Crippen MR) is 87.9 cm³/mol. The summed E-state index contributed by atoms with van der Waals surface area (Å²) in [7, 11) is 3.60. The van der Waals surface area contributed by atoms with Crippen LogP contribution in [0.2, 0.25) is 0 Å². The Kier molecular flexibility index (Phi) is 4.43. The molecule has 3 aromatic rings. The molecule has 2 heterocycles. The lowest BCUT2D eigenvalue weighted by Crippen LogP contribution is -1.98. The van der Waals surface area contributed by atoms with Crippen molar-refractivity contribution in [3.63, 3.8) is 0 Å². The molecule has 0 saturated carbocycles. The normalized spacial score (nSPS) is 10.9. The SMILES string of the molecule is COCc1ccc(NCc2cc(-c3cnn(C)c3C)no2)cc1. The van der Waals surface area contributed by atoms with Gasteiger partial charge >= 0.3 is 0 Å². The number of nitrogens with zero attached hydrogens (tertiary/aromatic N) is 3. The standard InChI is InChI=1S/C17H20N4O2/c1-12-16(10-19-21(12)2)17-8-15(23-20-17)9-18-14-6-4-13(5-7-14)11-22-3/h4-8,10,18H,9,11H2,1-3H3. The van der Waals surface area contributed by atoms with Gasteiger partial charge in [0.05, 0.1) is 19.3 Å². The predicted octanol–water partition coefficient (Wildman–Crippen LogP) is 3.14. The number of anilines is 1. The van der Waals surface area contributed by atoms with Crippen LogP contribution in [-0.4, -0.2) is 22.0 Å². The maximum atomic E-state index is 5.40. The Labute approximate surface area is 135 Å². The lowest BCUT2D eigenvalue weighted by molar-refractivity contribution is 0.185. The summed E-state index contributed by atoms with van der Waals surface area (Å²) in [6, 6.07) is 10.1. The summed E-state index contributed by atoms with van der Waals surface area (Å²) in [5, 5.41) is 11.7. The molecule has 6 heteroatoms. The van der Waals surface area contributed by atoms with E-state index < -0.39 is 0 Å². The maximum Gasteiger partial charge on any atom is 0.156 e. The largest absolute Gasteiger partial charge is 0.380 e. The smallest absolute Gasteiger partial charge is 0.156 e. The van der Waals surface area contributed by atoms with E-state index in [2.05, 4.69) is 15.6 Å².